The van der Waals surface area contributed by atoms with E-state index in [1.807, 2.05) is 0 Å². The van der Waals surface area contributed by atoms with E-state index in [0.717, 1.165) is 0 Å². The van der Waals surface area contributed by atoms with Gasteiger partial charge in [0.25, 0.3) is 0 Å². The third kappa shape index (κ3) is 3.31. The lowest BCUT2D eigenvalue weighted by Crippen LogP contribution is -2.45. The van der Waals surface area contributed by atoms with Crippen LogP contribution in [0.5, 0.6) is 0 Å². The van der Waals surface area contributed by atoms with Crippen molar-refractivity contribution in [2.45, 2.75) is 26.3 Å². The maximum absolute atomic E-state index is 11.1. The largest absolute Gasteiger partial charge is 0.450 e. The number of carbonyl (C=O) groups is 2. The highest BCUT2D eigenvalue weighted by molar-refractivity contribution is 5.84. The topological polar surface area (TPSA) is 72.6 Å². The number of hydrogen-bond donors (Lipinski definition) is 1. The Morgan fingerprint density at radius 3 is 2.31 bits per heavy atom. The van der Waals surface area contributed by atoms with Crippen molar-refractivity contribution in [3.05, 3.63) is 0 Å². The van der Waals surface area contributed by atoms with E-state index in [-0.39, 0.29) is 0 Å². The van der Waals surface area contributed by atoms with E-state index in [1.54, 1.807) is 13.8 Å². The van der Waals surface area contributed by atoms with Crippen LogP contribution in [0, 0.1) is 0 Å². The highest BCUT2D eigenvalue weighted by Gasteiger charge is 2.23. The van der Waals surface area contributed by atoms with Gasteiger partial charge in [0.2, 0.25) is 5.91 Å². The summed E-state index contributed by atoms with van der Waals surface area (Å²) in [4.78, 5) is 23.2. The van der Waals surface area contributed by atoms with Gasteiger partial charge in [0.15, 0.2) is 0 Å². The van der Waals surface area contributed by atoms with Crippen LogP contribution in [-0.2, 0) is 9.53 Å². The number of rotatable bonds is 4. The summed E-state index contributed by atoms with van der Waals surface area (Å²) in [5, 5.41) is 0. The molecule has 2 amide bonds. The molecule has 0 saturated carbocycles. The highest BCUT2D eigenvalue weighted by Crippen LogP contribution is 2.02. The molecule has 0 spiro atoms. The van der Waals surface area contributed by atoms with E-state index in [4.69, 9.17) is 10.5 Å². The highest BCUT2D eigenvalue weighted by atomic mass is 16.6. The molecule has 76 valence electrons. The van der Waals surface area contributed by atoms with Crippen molar-refractivity contribution in [3.63, 3.8) is 0 Å². The summed E-state index contributed by atoms with van der Waals surface area (Å²) < 4.78 is 4.72. The molecule has 2 N–H and O–H groups in total. The van der Waals surface area contributed by atoms with Gasteiger partial charge < -0.3 is 10.5 Å². The molecule has 0 radical (unpaired) electrons. The molecule has 5 heteroatoms. The van der Waals surface area contributed by atoms with Gasteiger partial charge in [-0.15, -0.1) is 0 Å². The van der Waals surface area contributed by atoms with Gasteiger partial charge in [-0.2, -0.15) is 0 Å². The molecule has 1 unspecified atom stereocenters. The van der Waals surface area contributed by atoms with Crippen molar-refractivity contribution in [3.8, 4) is 0 Å². The van der Waals surface area contributed by atoms with Crippen LogP contribution in [-0.4, -0.2) is 36.6 Å². The Kier molecular flexibility index (Phi) is 4.87. The van der Waals surface area contributed by atoms with Gasteiger partial charge in [0.1, 0.15) is 6.04 Å². The molecule has 0 bridgehead atoms. The molecule has 0 saturated heterocycles. The van der Waals surface area contributed by atoms with Gasteiger partial charge in [-0.05, 0) is 13.3 Å². The maximum atomic E-state index is 11.1. The molecule has 0 rings (SSSR count). The lowest BCUT2D eigenvalue weighted by atomic mass is 10.2. The molecule has 0 aromatic rings. The van der Waals surface area contributed by atoms with Crippen LogP contribution in [0.25, 0.3) is 0 Å². The summed E-state index contributed by atoms with van der Waals surface area (Å²) >= 11 is 0. The average Bonchev–Trinajstić information content (AvgIpc) is 2.05. The number of likely N-dealkylation sites (N-methyl/N-ethyl adjacent to an activating group) is 1. The van der Waals surface area contributed by atoms with Crippen LogP contribution < -0.4 is 5.73 Å². The molecule has 5 nitrogen and oxygen atoms in total. The van der Waals surface area contributed by atoms with E-state index < -0.39 is 18.0 Å². The number of nitrogens with zero attached hydrogens (tertiary/aromatic N) is 1. The first-order valence-electron chi connectivity index (χ1n) is 4.23. The molecular formula is C8H16N2O3. The normalized spacial score (nSPS) is 11.9. The van der Waals surface area contributed by atoms with Crippen LogP contribution >= 0.6 is 0 Å². The zero-order valence-corrected chi connectivity index (χ0v) is 8.24. The van der Waals surface area contributed by atoms with Crippen molar-refractivity contribution in [1.29, 1.82) is 0 Å². The molecule has 0 fully saturated rings. The van der Waals surface area contributed by atoms with E-state index in [0.29, 0.717) is 13.0 Å². The minimum Gasteiger partial charge on any atom is -0.450 e. The molecule has 1 atom stereocenters. The molecule has 0 aromatic carbocycles. The van der Waals surface area contributed by atoms with Crippen molar-refractivity contribution in [2.24, 2.45) is 5.73 Å². The number of nitrogens with two attached hydrogens (primary N) is 1. The third-order valence-corrected chi connectivity index (χ3v) is 1.74. The second-order valence-corrected chi connectivity index (χ2v) is 2.64. The van der Waals surface area contributed by atoms with Gasteiger partial charge in [0, 0.05) is 7.05 Å². The maximum Gasteiger partial charge on any atom is 0.410 e. The zero-order valence-electron chi connectivity index (χ0n) is 8.24. The fourth-order valence-corrected chi connectivity index (χ4v) is 1.02. The average molecular weight is 188 g/mol. The van der Waals surface area contributed by atoms with E-state index in [2.05, 4.69) is 0 Å². The minimum atomic E-state index is -0.584. The summed E-state index contributed by atoms with van der Waals surface area (Å²) in [6, 6.07) is -0.584. The summed E-state index contributed by atoms with van der Waals surface area (Å²) in [7, 11) is 1.50. The third-order valence-electron chi connectivity index (χ3n) is 1.74. The summed E-state index contributed by atoms with van der Waals surface area (Å²) in [6.45, 7) is 3.78. The van der Waals surface area contributed by atoms with Crippen molar-refractivity contribution >= 4 is 12.0 Å². The molecule has 0 aromatic heterocycles. The lowest BCUT2D eigenvalue weighted by Gasteiger charge is -2.23. The summed E-state index contributed by atoms with van der Waals surface area (Å²) in [5.74, 6) is -0.516. The van der Waals surface area contributed by atoms with Gasteiger partial charge in [0.05, 0.1) is 6.61 Å². The smallest absolute Gasteiger partial charge is 0.410 e. The molecule has 0 aliphatic heterocycles. The monoisotopic (exact) mass is 188 g/mol. The SMILES string of the molecule is CCOC(=O)N(C)C(CC)C(N)=O. The first-order valence-corrected chi connectivity index (χ1v) is 4.23. The van der Waals surface area contributed by atoms with Gasteiger partial charge >= 0.3 is 6.09 Å². The Labute approximate surface area is 77.8 Å². The zero-order chi connectivity index (χ0) is 10.4. The Morgan fingerprint density at radius 1 is 1.46 bits per heavy atom. The predicted octanol–water partition coefficient (Wildman–Crippen LogP) is 0.339. The molecule has 0 aliphatic rings. The van der Waals surface area contributed by atoms with Gasteiger partial charge in [-0.3, -0.25) is 9.69 Å². The van der Waals surface area contributed by atoms with Crippen LogP contribution in [0.4, 0.5) is 4.79 Å². The quantitative estimate of drug-likeness (QED) is 0.691. The molecule has 13 heavy (non-hydrogen) atoms. The molecular weight excluding hydrogens is 172 g/mol. The van der Waals surface area contributed by atoms with Crippen LogP contribution in [0.3, 0.4) is 0 Å². The Bertz CT molecular complexity index is 194. The number of hydrogen-bond acceptors (Lipinski definition) is 3. The fourth-order valence-electron chi connectivity index (χ4n) is 1.02. The van der Waals surface area contributed by atoms with E-state index in [1.165, 1.54) is 11.9 Å². The van der Waals surface area contributed by atoms with E-state index in [9.17, 15) is 9.59 Å². The number of primary amides is 1. The van der Waals surface area contributed by atoms with Crippen molar-refractivity contribution in [1.82, 2.24) is 4.90 Å². The van der Waals surface area contributed by atoms with Crippen LogP contribution in [0.1, 0.15) is 20.3 Å². The Balaban J connectivity index is 4.27. The summed E-state index contributed by atoms with van der Waals surface area (Å²) in [6.07, 6.45) is -0.0295. The Morgan fingerprint density at radius 2 is 2.00 bits per heavy atom. The standard InChI is InChI=1S/C8H16N2O3/c1-4-6(7(9)11)10(3)8(12)13-5-2/h6H,4-5H2,1-3H3,(H2,9,11). The second kappa shape index (κ2) is 5.40. The van der Waals surface area contributed by atoms with Crippen LogP contribution in [0.15, 0.2) is 0 Å². The number of amides is 2. The van der Waals surface area contributed by atoms with Crippen molar-refractivity contribution in [2.75, 3.05) is 13.7 Å². The van der Waals surface area contributed by atoms with Gasteiger partial charge in [-0.25, -0.2) is 4.79 Å². The fraction of sp³-hybridized carbons (Fsp3) is 0.750. The number of carbonyl (C=O) groups excluding carboxylic acids is 2. The predicted molar refractivity (Wildman–Crippen MR) is 48.1 cm³/mol. The minimum absolute atomic E-state index is 0.290. The Hall–Kier alpha value is -1.26. The first kappa shape index (κ1) is 11.7. The van der Waals surface area contributed by atoms with E-state index >= 15 is 0 Å². The first-order chi connectivity index (χ1) is 6.04. The van der Waals surface area contributed by atoms with Crippen LogP contribution in [0.2, 0.25) is 0 Å². The molecule has 0 heterocycles. The lowest BCUT2D eigenvalue weighted by molar-refractivity contribution is -0.122. The summed E-state index contributed by atoms with van der Waals surface area (Å²) in [5.41, 5.74) is 5.09. The van der Waals surface area contributed by atoms with Crippen molar-refractivity contribution < 1.29 is 14.3 Å². The van der Waals surface area contributed by atoms with Gasteiger partial charge in [-0.1, -0.05) is 6.92 Å². The molecule has 0 aliphatic carbocycles. The number of ether oxygens (including phenoxy) is 1. The second-order valence-electron chi connectivity index (χ2n) is 2.64.